The van der Waals surface area contributed by atoms with E-state index in [-0.39, 0.29) is 5.97 Å². The molecule has 4 nitrogen and oxygen atoms in total. The molecule has 0 aliphatic carbocycles. The first kappa shape index (κ1) is 13.9. The zero-order valence-electron chi connectivity index (χ0n) is 11.6. The number of para-hydroxylation sites is 1. The Bertz CT molecular complexity index is 579. The van der Waals surface area contributed by atoms with Crippen LogP contribution in [-0.2, 0) is 4.74 Å². The number of hydrogen-bond donors (Lipinski definition) is 1. The number of benzene rings is 2. The van der Waals surface area contributed by atoms with Crippen LogP contribution in [0.2, 0.25) is 0 Å². The van der Waals surface area contributed by atoms with Crippen molar-refractivity contribution in [3.63, 3.8) is 0 Å². The molecule has 20 heavy (non-hydrogen) atoms. The van der Waals surface area contributed by atoms with Crippen LogP contribution in [0.5, 0.6) is 5.75 Å². The van der Waals surface area contributed by atoms with Gasteiger partial charge in [-0.05, 0) is 43.3 Å². The second-order valence-corrected chi connectivity index (χ2v) is 4.12. The van der Waals surface area contributed by atoms with E-state index in [1.54, 1.807) is 20.1 Å². The van der Waals surface area contributed by atoms with Crippen LogP contribution < -0.4 is 10.1 Å². The van der Waals surface area contributed by atoms with Gasteiger partial charge in [-0.1, -0.05) is 12.1 Å². The van der Waals surface area contributed by atoms with Crippen molar-refractivity contribution in [1.82, 2.24) is 0 Å². The average Bonchev–Trinajstić information content (AvgIpc) is 2.49. The second kappa shape index (κ2) is 6.61. The number of methoxy groups -OCH3 is 1. The number of rotatable bonds is 5. The van der Waals surface area contributed by atoms with Gasteiger partial charge in [0.1, 0.15) is 5.75 Å². The maximum atomic E-state index is 11.9. The van der Waals surface area contributed by atoms with Gasteiger partial charge in [0.05, 0.1) is 25.0 Å². The third-order valence-corrected chi connectivity index (χ3v) is 2.79. The molecule has 0 aliphatic rings. The van der Waals surface area contributed by atoms with Crippen molar-refractivity contribution in [2.24, 2.45) is 0 Å². The summed E-state index contributed by atoms with van der Waals surface area (Å²) in [5.74, 6) is 0.457. The average molecular weight is 271 g/mol. The fourth-order valence-electron chi connectivity index (χ4n) is 1.81. The first-order valence-electron chi connectivity index (χ1n) is 6.42. The molecule has 104 valence electrons. The number of esters is 1. The first-order chi connectivity index (χ1) is 9.74. The zero-order valence-corrected chi connectivity index (χ0v) is 11.6. The molecule has 2 aromatic carbocycles. The summed E-state index contributed by atoms with van der Waals surface area (Å²) in [6.45, 7) is 2.15. The molecule has 0 amide bonds. The van der Waals surface area contributed by atoms with Gasteiger partial charge >= 0.3 is 5.97 Å². The lowest BCUT2D eigenvalue weighted by atomic mass is 10.1. The molecule has 0 aromatic heterocycles. The Morgan fingerprint density at radius 2 is 1.80 bits per heavy atom. The Hall–Kier alpha value is -2.49. The lowest BCUT2D eigenvalue weighted by molar-refractivity contribution is 0.0527. The Labute approximate surface area is 118 Å². The highest BCUT2D eigenvalue weighted by Gasteiger charge is 2.11. The summed E-state index contributed by atoms with van der Waals surface area (Å²) in [5, 5.41) is 3.21. The minimum Gasteiger partial charge on any atom is -0.497 e. The third kappa shape index (κ3) is 3.29. The minimum atomic E-state index is -0.330. The number of carbonyl (C=O) groups is 1. The predicted molar refractivity (Wildman–Crippen MR) is 78.7 cm³/mol. The van der Waals surface area contributed by atoms with Crippen LogP contribution in [0.1, 0.15) is 17.3 Å². The largest absolute Gasteiger partial charge is 0.497 e. The van der Waals surface area contributed by atoms with Gasteiger partial charge in [-0.15, -0.1) is 0 Å². The van der Waals surface area contributed by atoms with E-state index in [1.807, 2.05) is 42.5 Å². The van der Waals surface area contributed by atoms with Crippen LogP contribution >= 0.6 is 0 Å². The lowest BCUT2D eigenvalue weighted by Gasteiger charge is -2.11. The summed E-state index contributed by atoms with van der Waals surface area (Å²) < 4.78 is 10.2. The van der Waals surface area contributed by atoms with Crippen molar-refractivity contribution in [2.45, 2.75) is 6.92 Å². The van der Waals surface area contributed by atoms with Crippen molar-refractivity contribution in [2.75, 3.05) is 19.0 Å². The summed E-state index contributed by atoms with van der Waals surface area (Å²) in [4.78, 5) is 11.9. The molecule has 4 heteroatoms. The first-order valence-corrected chi connectivity index (χ1v) is 6.42. The standard InChI is InChI=1S/C16H17NO3/c1-3-20-16(18)14-6-4-5-7-15(14)17-12-8-10-13(19-2)11-9-12/h4-11,17H,3H2,1-2H3. The second-order valence-electron chi connectivity index (χ2n) is 4.12. The molecule has 0 atom stereocenters. The fraction of sp³-hybridized carbons (Fsp3) is 0.188. The molecule has 0 aliphatic heterocycles. The molecule has 0 unspecified atom stereocenters. The van der Waals surface area contributed by atoms with Gasteiger partial charge in [-0.3, -0.25) is 0 Å². The molecule has 0 saturated heterocycles. The van der Waals surface area contributed by atoms with Crippen molar-refractivity contribution in [1.29, 1.82) is 0 Å². The molecule has 0 spiro atoms. The molecule has 1 N–H and O–H groups in total. The summed E-state index contributed by atoms with van der Waals surface area (Å²) in [6, 6.07) is 14.8. The quantitative estimate of drug-likeness (QED) is 0.844. The Kier molecular flexibility index (Phi) is 4.60. The van der Waals surface area contributed by atoms with E-state index in [9.17, 15) is 4.79 Å². The van der Waals surface area contributed by atoms with E-state index in [1.165, 1.54) is 0 Å². The van der Waals surface area contributed by atoms with Gasteiger partial charge in [0.25, 0.3) is 0 Å². The van der Waals surface area contributed by atoms with Crippen LogP contribution in [0.4, 0.5) is 11.4 Å². The number of carbonyl (C=O) groups excluding carboxylic acids is 1. The van der Waals surface area contributed by atoms with Crippen LogP contribution in [0, 0.1) is 0 Å². The van der Waals surface area contributed by atoms with Crippen LogP contribution in [0.15, 0.2) is 48.5 Å². The fourth-order valence-corrected chi connectivity index (χ4v) is 1.81. The Balaban J connectivity index is 2.21. The Morgan fingerprint density at radius 3 is 2.45 bits per heavy atom. The van der Waals surface area contributed by atoms with Crippen LogP contribution in [0.3, 0.4) is 0 Å². The number of hydrogen-bond acceptors (Lipinski definition) is 4. The summed E-state index contributed by atoms with van der Waals surface area (Å²) >= 11 is 0. The molecule has 0 bridgehead atoms. The van der Waals surface area contributed by atoms with Crippen LogP contribution in [0.25, 0.3) is 0 Å². The zero-order chi connectivity index (χ0) is 14.4. The van der Waals surface area contributed by atoms with Gasteiger partial charge in [0.2, 0.25) is 0 Å². The van der Waals surface area contributed by atoms with E-state index in [2.05, 4.69) is 5.32 Å². The van der Waals surface area contributed by atoms with Crippen molar-refractivity contribution in [3.05, 3.63) is 54.1 Å². The van der Waals surface area contributed by atoms with Crippen molar-refractivity contribution >= 4 is 17.3 Å². The summed E-state index contributed by atoms with van der Waals surface area (Å²) in [7, 11) is 1.62. The molecule has 0 fully saturated rings. The number of ether oxygens (including phenoxy) is 2. The molecule has 0 heterocycles. The number of anilines is 2. The van der Waals surface area contributed by atoms with Gasteiger partial charge < -0.3 is 14.8 Å². The van der Waals surface area contributed by atoms with Gasteiger partial charge in [0, 0.05) is 5.69 Å². The molecular weight excluding hydrogens is 254 g/mol. The molecular formula is C16H17NO3. The molecule has 0 radical (unpaired) electrons. The van der Waals surface area contributed by atoms with E-state index < -0.39 is 0 Å². The predicted octanol–water partition coefficient (Wildman–Crippen LogP) is 3.62. The van der Waals surface area contributed by atoms with E-state index in [4.69, 9.17) is 9.47 Å². The maximum Gasteiger partial charge on any atom is 0.340 e. The minimum absolute atomic E-state index is 0.330. The smallest absolute Gasteiger partial charge is 0.340 e. The topological polar surface area (TPSA) is 47.6 Å². The van der Waals surface area contributed by atoms with Gasteiger partial charge in [-0.25, -0.2) is 4.79 Å². The maximum absolute atomic E-state index is 11.9. The van der Waals surface area contributed by atoms with Crippen molar-refractivity contribution < 1.29 is 14.3 Å². The highest BCUT2D eigenvalue weighted by molar-refractivity contribution is 5.96. The highest BCUT2D eigenvalue weighted by atomic mass is 16.5. The SMILES string of the molecule is CCOC(=O)c1ccccc1Nc1ccc(OC)cc1. The third-order valence-electron chi connectivity index (χ3n) is 2.79. The normalized spacial score (nSPS) is 9.90. The Morgan fingerprint density at radius 1 is 1.10 bits per heavy atom. The lowest BCUT2D eigenvalue weighted by Crippen LogP contribution is -2.07. The van der Waals surface area contributed by atoms with Gasteiger partial charge in [0.15, 0.2) is 0 Å². The highest BCUT2D eigenvalue weighted by Crippen LogP contribution is 2.23. The monoisotopic (exact) mass is 271 g/mol. The molecule has 0 saturated carbocycles. The van der Waals surface area contributed by atoms with Gasteiger partial charge in [-0.2, -0.15) is 0 Å². The van der Waals surface area contributed by atoms with E-state index in [0.29, 0.717) is 12.2 Å². The molecule has 2 rings (SSSR count). The summed E-state index contributed by atoms with van der Waals surface area (Å²) in [5.41, 5.74) is 2.11. The summed E-state index contributed by atoms with van der Waals surface area (Å²) in [6.07, 6.45) is 0. The molecule has 2 aromatic rings. The van der Waals surface area contributed by atoms with E-state index in [0.717, 1.165) is 17.1 Å². The van der Waals surface area contributed by atoms with Crippen molar-refractivity contribution in [3.8, 4) is 5.75 Å². The number of nitrogens with one attached hydrogen (secondary N) is 1. The van der Waals surface area contributed by atoms with Crippen LogP contribution in [-0.4, -0.2) is 19.7 Å². The van der Waals surface area contributed by atoms with E-state index >= 15 is 0 Å².